The summed E-state index contributed by atoms with van der Waals surface area (Å²) in [5.74, 6) is 0.805. The van der Waals surface area contributed by atoms with E-state index >= 15 is 0 Å². The van der Waals surface area contributed by atoms with Crippen LogP contribution in [-0.4, -0.2) is 27.2 Å². The van der Waals surface area contributed by atoms with Crippen LogP contribution in [-0.2, 0) is 11.3 Å². The number of nitrogens with one attached hydrogen (secondary N) is 1. The molecule has 1 N–H and O–H groups in total. The Morgan fingerprint density at radius 2 is 1.84 bits per heavy atom. The third kappa shape index (κ3) is 4.87. The normalized spacial score (nSPS) is 10.7. The van der Waals surface area contributed by atoms with Gasteiger partial charge in [0.25, 0.3) is 11.4 Å². The van der Waals surface area contributed by atoms with E-state index in [1.807, 2.05) is 13.0 Å². The molecule has 0 aliphatic carbocycles. The molecular weight excluding hydrogens is 432 g/mol. The van der Waals surface area contributed by atoms with Gasteiger partial charge in [0.15, 0.2) is 0 Å². The lowest BCUT2D eigenvalue weighted by atomic mass is 10.2. The van der Waals surface area contributed by atoms with E-state index in [-0.39, 0.29) is 23.9 Å². The van der Waals surface area contributed by atoms with Gasteiger partial charge >= 0.3 is 0 Å². The minimum absolute atomic E-state index is 0.189. The summed E-state index contributed by atoms with van der Waals surface area (Å²) >= 11 is 5.91. The fourth-order valence-electron chi connectivity index (χ4n) is 3.03. The maximum atomic E-state index is 12.6. The minimum Gasteiger partial charge on any atom is -0.492 e. The lowest BCUT2D eigenvalue weighted by Gasteiger charge is -2.12. The molecular formula is C23H19ClN4O4. The first-order valence-electron chi connectivity index (χ1n) is 9.85. The summed E-state index contributed by atoms with van der Waals surface area (Å²) in [7, 11) is 0. The fraction of sp³-hybridized carbons (Fsp3) is 0.130. The predicted octanol–water partition coefficient (Wildman–Crippen LogP) is 4.26. The van der Waals surface area contributed by atoms with Gasteiger partial charge < -0.3 is 19.1 Å². The molecule has 2 aromatic heterocycles. The summed E-state index contributed by atoms with van der Waals surface area (Å²) in [4.78, 5) is 29.2. The number of para-hydroxylation sites is 2. The molecule has 0 fully saturated rings. The van der Waals surface area contributed by atoms with Crippen molar-refractivity contribution in [1.82, 2.24) is 14.7 Å². The van der Waals surface area contributed by atoms with Gasteiger partial charge in [-0.2, -0.15) is 4.98 Å². The number of halogens is 1. The standard InChI is InChI=1S/C23H19ClN4O4/c1-2-31-19-6-4-3-5-18(19)25-20(29)14-28-13-16(9-12-21(28)30)23-26-22(27-32-23)15-7-10-17(24)11-8-15/h3-13H,2,14H2,1H3,(H,25,29). The highest BCUT2D eigenvalue weighted by atomic mass is 35.5. The Balaban J connectivity index is 1.53. The Bertz CT molecular complexity index is 1300. The first kappa shape index (κ1) is 21.3. The number of aromatic nitrogens is 3. The van der Waals surface area contributed by atoms with Crippen LogP contribution in [0.4, 0.5) is 5.69 Å². The molecule has 2 aromatic carbocycles. The summed E-state index contributed by atoms with van der Waals surface area (Å²) in [5, 5.41) is 7.36. The summed E-state index contributed by atoms with van der Waals surface area (Å²) in [6.45, 7) is 2.14. The highest BCUT2D eigenvalue weighted by molar-refractivity contribution is 6.30. The molecule has 0 atom stereocenters. The van der Waals surface area contributed by atoms with Gasteiger partial charge in [0.2, 0.25) is 11.7 Å². The zero-order chi connectivity index (χ0) is 22.5. The van der Waals surface area contributed by atoms with Crippen LogP contribution in [0, 0.1) is 0 Å². The zero-order valence-corrected chi connectivity index (χ0v) is 17.9. The molecule has 0 saturated carbocycles. The fourth-order valence-corrected chi connectivity index (χ4v) is 3.16. The smallest absolute Gasteiger partial charge is 0.259 e. The number of carbonyl (C=O) groups is 1. The second-order valence-electron chi connectivity index (χ2n) is 6.79. The van der Waals surface area contributed by atoms with Crippen molar-refractivity contribution in [1.29, 1.82) is 0 Å². The van der Waals surface area contributed by atoms with Gasteiger partial charge in [-0.1, -0.05) is 28.9 Å². The second kappa shape index (κ2) is 9.49. The van der Waals surface area contributed by atoms with Crippen LogP contribution in [0.25, 0.3) is 22.8 Å². The van der Waals surface area contributed by atoms with Crippen molar-refractivity contribution in [2.24, 2.45) is 0 Å². The maximum absolute atomic E-state index is 12.6. The molecule has 4 rings (SSSR count). The van der Waals surface area contributed by atoms with Crippen molar-refractivity contribution < 1.29 is 14.1 Å². The van der Waals surface area contributed by atoms with Crippen LogP contribution < -0.4 is 15.6 Å². The Morgan fingerprint density at radius 3 is 2.62 bits per heavy atom. The summed E-state index contributed by atoms with van der Waals surface area (Å²) in [6.07, 6.45) is 1.51. The average Bonchev–Trinajstić information content (AvgIpc) is 3.27. The first-order chi connectivity index (χ1) is 15.5. The molecule has 0 bridgehead atoms. The molecule has 32 heavy (non-hydrogen) atoms. The Labute approximate surface area is 188 Å². The van der Waals surface area contributed by atoms with E-state index in [4.69, 9.17) is 20.9 Å². The van der Waals surface area contributed by atoms with Gasteiger partial charge in [0, 0.05) is 22.8 Å². The number of nitrogens with zero attached hydrogens (tertiary/aromatic N) is 3. The van der Waals surface area contributed by atoms with Crippen molar-refractivity contribution in [2.75, 3.05) is 11.9 Å². The Morgan fingerprint density at radius 1 is 1.09 bits per heavy atom. The van der Waals surface area contributed by atoms with E-state index in [9.17, 15) is 9.59 Å². The second-order valence-corrected chi connectivity index (χ2v) is 7.23. The molecule has 0 aliphatic heterocycles. The van der Waals surface area contributed by atoms with Gasteiger partial charge in [-0.25, -0.2) is 0 Å². The molecule has 9 heteroatoms. The number of hydrogen-bond donors (Lipinski definition) is 1. The predicted molar refractivity (Wildman–Crippen MR) is 121 cm³/mol. The largest absolute Gasteiger partial charge is 0.492 e. The van der Waals surface area contributed by atoms with E-state index in [0.29, 0.717) is 34.5 Å². The molecule has 1 amide bonds. The van der Waals surface area contributed by atoms with Gasteiger partial charge in [0.05, 0.1) is 17.9 Å². The maximum Gasteiger partial charge on any atom is 0.259 e. The number of amides is 1. The van der Waals surface area contributed by atoms with Crippen LogP contribution in [0.3, 0.4) is 0 Å². The molecule has 4 aromatic rings. The van der Waals surface area contributed by atoms with E-state index in [2.05, 4.69) is 15.5 Å². The average molecular weight is 451 g/mol. The van der Waals surface area contributed by atoms with Crippen LogP contribution in [0.15, 0.2) is 76.2 Å². The van der Waals surface area contributed by atoms with E-state index in [1.54, 1.807) is 48.5 Å². The topological polar surface area (TPSA) is 99.2 Å². The van der Waals surface area contributed by atoms with Crippen molar-refractivity contribution in [3.8, 4) is 28.6 Å². The van der Waals surface area contributed by atoms with Crippen LogP contribution in [0.1, 0.15) is 6.92 Å². The van der Waals surface area contributed by atoms with E-state index in [0.717, 1.165) is 5.56 Å². The van der Waals surface area contributed by atoms with Crippen LogP contribution >= 0.6 is 11.6 Å². The summed E-state index contributed by atoms with van der Waals surface area (Å²) in [5.41, 5.74) is 1.46. The monoisotopic (exact) mass is 450 g/mol. The third-order valence-electron chi connectivity index (χ3n) is 4.53. The molecule has 162 valence electrons. The van der Waals surface area contributed by atoms with E-state index in [1.165, 1.54) is 16.8 Å². The Kier molecular flexibility index (Phi) is 6.32. The van der Waals surface area contributed by atoms with Gasteiger partial charge in [-0.05, 0) is 49.4 Å². The van der Waals surface area contributed by atoms with Gasteiger partial charge in [0.1, 0.15) is 12.3 Å². The molecule has 0 aliphatic rings. The zero-order valence-electron chi connectivity index (χ0n) is 17.1. The van der Waals surface area contributed by atoms with Gasteiger partial charge in [-0.3, -0.25) is 9.59 Å². The quantitative estimate of drug-likeness (QED) is 0.451. The molecule has 0 unspecified atom stereocenters. The van der Waals surface area contributed by atoms with Crippen molar-refractivity contribution in [3.63, 3.8) is 0 Å². The molecule has 0 saturated heterocycles. The molecule has 0 radical (unpaired) electrons. The lowest BCUT2D eigenvalue weighted by molar-refractivity contribution is -0.116. The van der Waals surface area contributed by atoms with Crippen molar-refractivity contribution >= 4 is 23.2 Å². The summed E-state index contributed by atoms with van der Waals surface area (Å²) < 4.78 is 12.1. The van der Waals surface area contributed by atoms with Crippen molar-refractivity contribution in [3.05, 3.63) is 82.2 Å². The van der Waals surface area contributed by atoms with Crippen molar-refractivity contribution in [2.45, 2.75) is 13.5 Å². The number of ether oxygens (including phenoxy) is 1. The SMILES string of the molecule is CCOc1ccccc1NC(=O)Cn1cc(-c2nc(-c3ccc(Cl)cc3)no2)ccc1=O. The molecule has 0 spiro atoms. The van der Waals surface area contributed by atoms with Gasteiger partial charge in [-0.15, -0.1) is 0 Å². The van der Waals surface area contributed by atoms with E-state index < -0.39 is 0 Å². The number of rotatable bonds is 7. The first-order valence-corrected chi connectivity index (χ1v) is 10.2. The number of pyridine rings is 1. The number of carbonyl (C=O) groups excluding carboxylic acids is 1. The molecule has 2 heterocycles. The number of benzene rings is 2. The highest BCUT2D eigenvalue weighted by Crippen LogP contribution is 2.24. The summed E-state index contributed by atoms with van der Waals surface area (Å²) in [6, 6.07) is 17.0. The number of hydrogen-bond acceptors (Lipinski definition) is 6. The third-order valence-corrected chi connectivity index (χ3v) is 4.79. The molecule has 8 nitrogen and oxygen atoms in total. The highest BCUT2D eigenvalue weighted by Gasteiger charge is 2.14. The lowest BCUT2D eigenvalue weighted by Crippen LogP contribution is -2.27. The van der Waals surface area contributed by atoms with Crippen LogP contribution in [0.2, 0.25) is 5.02 Å². The number of anilines is 1. The minimum atomic E-state index is -0.371. The van der Waals surface area contributed by atoms with Crippen LogP contribution in [0.5, 0.6) is 5.75 Å². The Hall–Kier alpha value is -3.91.